The highest BCUT2D eigenvalue weighted by molar-refractivity contribution is 6.32. The van der Waals surface area contributed by atoms with Gasteiger partial charge in [-0.15, -0.1) is 0 Å². The van der Waals surface area contributed by atoms with E-state index in [4.69, 9.17) is 52.6 Å². The number of H-pyrrole nitrogens is 2. The number of fused-ring (bicyclic) bond motifs is 5. The normalized spacial score (nSPS) is 13.9. The Labute approximate surface area is 690 Å². The van der Waals surface area contributed by atoms with Crippen LogP contribution in [0, 0.1) is 13.8 Å². The number of halogens is 2. The van der Waals surface area contributed by atoms with E-state index in [1.165, 1.54) is 0 Å². The molecule has 22 heteroatoms. The molecule has 12 aromatic rings. The summed E-state index contributed by atoms with van der Waals surface area (Å²) in [5.74, 6) is -3.01. The summed E-state index contributed by atoms with van der Waals surface area (Å²) in [5.41, 5.74) is 15.0. The van der Waals surface area contributed by atoms with Crippen molar-refractivity contribution in [3.05, 3.63) is 344 Å². The van der Waals surface area contributed by atoms with Gasteiger partial charge in [-0.3, -0.25) is 9.59 Å². The Morgan fingerprint density at radius 2 is 0.786 bits per heavy atom. The van der Waals surface area contributed by atoms with Crippen LogP contribution in [-0.2, 0) is 66.9 Å². The van der Waals surface area contributed by atoms with Gasteiger partial charge in [-0.1, -0.05) is 265 Å². The molecule has 602 valence electrons. The van der Waals surface area contributed by atoms with Gasteiger partial charge < -0.3 is 66.0 Å². The minimum atomic E-state index is -1.60. The average molecular weight is 1610 g/mol. The molecule has 117 heavy (non-hydrogen) atoms. The van der Waals surface area contributed by atoms with E-state index in [0.717, 1.165) is 66.3 Å². The minimum Gasteiger partial charge on any atom is -0.449 e. The Morgan fingerprint density at radius 1 is 0.410 bits per heavy atom. The number of aromatic amines is 2. The highest BCUT2D eigenvalue weighted by atomic mass is 35.5. The van der Waals surface area contributed by atoms with Crippen molar-refractivity contribution in [1.82, 2.24) is 36.6 Å². The van der Waals surface area contributed by atoms with Crippen molar-refractivity contribution in [2.24, 2.45) is 5.73 Å². The van der Waals surface area contributed by atoms with Gasteiger partial charge in [0.05, 0.1) is 6.04 Å². The van der Waals surface area contributed by atoms with Gasteiger partial charge in [-0.25, -0.2) is 24.0 Å². The zero-order valence-corrected chi connectivity index (χ0v) is 68.0. The second-order valence-corrected chi connectivity index (χ2v) is 31.8. The number of benzene rings is 10. The molecule has 2 heterocycles. The topological polar surface area (TPSA) is 283 Å². The van der Waals surface area contributed by atoms with Crippen LogP contribution in [0.25, 0.3) is 32.9 Å². The maximum Gasteiger partial charge on any atom is 0.407 e. The lowest BCUT2D eigenvalue weighted by Gasteiger charge is -2.37. The van der Waals surface area contributed by atoms with Crippen LogP contribution in [-0.4, -0.2) is 107 Å². The molecule has 6 unspecified atom stereocenters. The van der Waals surface area contributed by atoms with Crippen molar-refractivity contribution in [2.45, 2.75) is 134 Å². The van der Waals surface area contributed by atoms with Crippen molar-refractivity contribution < 1.29 is 57.2 Å². The number of carbonyl (C=O) groups excluding carboxylic acids is 7. The molecule has 13 rings (SSSR count). The fraction of sp³-hybridized carbons (Fsp3) is 0.253. The van der Waals surface area contributed by atoms with E-state index in [1.807, 2.05) is 232 Å². The van der Waals surface area contributed by atoms with Crippen molar-refractivity contribution in [1.29, 1.82) is 0 Å². The molecule has 1 aliphatic rings. The number of aryl methyl sites for hydroxylation is 2. The van der Waals surface area contributed by atoms with E-state index < -0.39 is 88.6 Å². The predicted octanol–water partition coefficient (Wildman–Crippen LogP) is 17.4. The highest BCUT2D eigenvalue weighted by Gasteiger charge is 2.46. The van der Waals surface area contributed by atoms with Gasteiger partial charge in [0.2, 0.25) is 11.8 Å². The number of alkyl carbamates (subject to hydrolysis) is 3. The third-order valence-corrected chi connectivity index (χ3v) is 20.9. The smallest absolute Gasteiger partial charge is 0.407 e. The van der Waals surface area contributed by atoms with E-state index in [1.54, 1.807) is 78.1 Å². The zero-order valence-electron chi connectivity index (χ0n) is 66.5. The van der Waals surface area contributed by atoms with Gasteiger partial charge in [0.25, 0.3) is 0 Å². The summed E-state index contributed by atoms with van der Waals surface area (Å²) < 4.78 is 30.2. The minimum absolute atomic E-state index is 0.00160. The molecule has 0 bridgehead atoms. The molecular formula is C95H96Cl2N8O12. The Kier molecular flexibility index (Phi) is 26.8. The van der Waals surface area contributed by atoms with E-state index in [9.17, 15) is 28.8 Å². The van der Waals surface area contributed by atoms with Gasteiger partial charge in [-0.2, -0.15) is 0 Å². The second-order valence-electron chi connectivity index (χ2n) is 30.9. The number of amides is 5. The molecular weight excluding hydrogens is 1520 g/mol. The van der Waals surface area contributed by atoms with Crippen molar-refractivity contribution >= 4 is 87.0 Å². The second kappa shape index (κ2) is 37.4. The van der Waals surface area contributed by atoms with Gasteiger partial charge in [0.1, 0.15) is 35.9 Å². The van der Waals surface area contributed by atoms with E-state index in [2.05, 4.69) is 48.7 Å². The lowest BCUT2D eigenvalue weighted by molar-refractivity contribution is -0.158. The van der Waals surface area contributed by atoms with Crippen LogP contribution >= 0.6 is 23.2 Å². The third kappa shape index (κ3) is 20.4. The molecule has 0 radical (unpaired) electrons. The number of carbonyl (C=O) groups is 7. The monoisotopic (exact) mass is 1610 g/mol. The summed E-state index contributed by atoms with van der Waals surface area (Å²) in [5, 5.41) is 16.5. The average Bonchev–Trinajstić information content (AvgIpc) is 1.61. The first kappa shape index (κ1) is 83.9. The summed E-state index contributed by atoms with van der Waals surface area (Å²) in [4.78, 5) is 104. The zero-order chi connectivity index (χ0) is 83.0. The van der Waals surface area contributed by atoms with Crippen LogP contribution in [0.4, 0.5) is 14.4 Å². The van der Waals surface area contributed by atoms with E-state index >= 15 is 4.79 Å². The van der Waals surface area contributed by atoms with Crippen molar-refractivity contribution in [3.63, 3.8) is 0 Å². The number of hydrogen-bond acceptors (Lipinski definition) is 13. The van der Waals surface area contributed by atoms with Crippen molar-refractivity contribution in [3.8, 4) is 11.1 Å². The Morgan fingerprint density at radius 3 is 1.22 bits per heavy atom. The molecule has 6 atom stereocenters. The standard InChI is InChI=1S/C55H53ClN4O7.C40H43ClN4O5/c1-35-26-28-38(29-27-35)55(37-16-6-5-7-17-37,45-23-13-14-24-46(45)56)66-51(62)48(30-31-57-52(63)67-54(2,3)4)59-50(61)49(32-36-33-58-47-25-15-12-18-39(36)47)60-53(64)65-34-44-42-21-10-8-19-40(42)41-20-9-11-22-43(41)44;1-26-18-20-29(21-19-26)40(28-12-6-5-7-13-28,31-15-9-10-16-32(31)41)49-37(47)35(22-23-43-38(48)50-39(2,3)4)45-36(46)33(42)24-27-25-44-34-17-11-8-14-30(27)34/h5-29,33,44,48-49,58H,30-32,34H2,1-4H3,(H,57,63)(H,59,61)(H,60,64);5-21,25,33,35,44H,22-24,42H2,1-4H3,(H,43,48)(H,45,46). The van der Waals surface area contributed by atoms with Gasteiger partial charge in [0.15, 0.2) is 11.2 Å². The number of hydrogen-bond donors (Lipinski definition) is 8. The van der Waals surface area contributed by atoms with E-state index in [0.29, 0.717) is 43.4 Å². The van der Waals surface area contributed by atoms with Gasteiger partial charge >= 0.3 is 30.2 Å². The number of aromatic nitrogens is 2. The summed E-state index contributed by atoms with van der Waals surface area (Å²) in [7, 11) is 0. The van der Waals surface area contributed by atoms with Crippen LogP contribution < -0.4 is 32.3 Å². The number of ether oxygens (including phenoxy) is 5. The number of nitrogens with two attached hydrogens (primary N) is 1. The summed E-state index contributed by atoms with van der Waals surface area (Å²) >= 11 is 13.9. The molecule has 1 aliphatic carbocycles. The maximum absolute atomic E-state index is 15.1. The van der Waals surface area contributed by atoms with E-state index in [-0.39, 0.29) is 51.3 Å². The summed E-state index contributed by atoms with van der Waals surface area (Å²) in [6.07, 6.45) is 1.60. The molecule has 0 aliphatic heterocycles. The predicted molar refractivity (Wildman–Crippen MR) is 456 cm³/mol. The quantitative estimate of drug-likeness (QED) is 0.0135. The first-order valence-electron chi connectivity index (χ1n) is 38.9. The molecule has 0 fully saturated rings. The summed E-state index contributed by atoms with van der Waals surface area (Å²) in [6, 6.07) is 74.8. The SMILES string of the molecule is Cc1ccc(C(OC(=O)C(CCNC(=O)OC(C)(C)C)NC(=O)C(Cc2c[nH]c3ccccc23)NC(=O)OCC2c3ccccc3-c3ccccc32)(c2ccccc2)c2ccccc2Cl)cc1.Cc1ccc(C(OC(=O)C(CCNC(=O)OC(C)(C)C)NC(=O)C(N)Cc2c[nH]c3ccccc23)(c2ccccc2)c2ccccc2Cl)cc1. The fourth-order valence-corrected chi connectivity index (χ4v) is 15.2. The highest BCUT2D eigenvalue weighted by Crippen LogP contribution is 2.47. The maximum atomic E-state index is 15.1. The Bertz CT molecular complexity index is 5450. The lowest BCUT2D eigenvalue weighted by atomic mass is 9.79. The number of rotatable bonds is 27. The van der Waals surface area contributed by atoms with Gasteiger partial charge in [0, 0.05) is 103 Å². The largest absolute Gasteiger partial charge is 0.449 e. The Balaban J connectivity index is 0.000000225. The van der Waals surface area contributed by atoms with Gasteiger partial charge in [-0.05, 0) is 132 Å². The number of esters is 2. The van der Waals surface area contributed by atoms with Crippen LogP contribution in [0.15, 0.2) is 267 Å². The molecule has 2 aromatic heterocycles. The first-order chi connectivity index (χ1) is 56.2. The molecule has 0 saturated heterocycles. The lowest BCUT2D eigenvalue weighted by Crippen LogP contribution is -2.54. The van der Waals surface area contributed by atoms with Crippen LogP contribution in [0.5, 0.6) is 0 Å². The molecule has 5 amide bonds. The van der Waals surface area contributed by atoms with Crippen LogP contribution in [0.2, 0.25) is 10.0 Å². The van der Waals surface area contributed by atoms with Crippen LogP contribution in [0.3, 0.4) is 0 Å². The number of nitrogens with one attached hydrogen (secondary N) is 7. The molecule has 20 nitrogen and oxygen atoms in total. The Hall–Kier alpha value is -12.5. The van der Waals surface area contributed by atoms with Crippen molar-refractivity contribution in [2.75, 3.05) is 19.7 Å². The molecule has 0 spiro atoms. The first-order valence-corrected chi connectivity index (χ1v) is 39.7. The molecule has 9 N–H and O–H groups in total. The number of para-hydroxylation sites is 2. The van der Waals surface area contributed by atoms with Crippen LogP contribution in [0.1, 0.15) is 127 Å². The summed E-state index contributed by atoms with van der Waals surface area (Å²) in [6.45, 7) is 14.4. The fourth-order valence-electron chi connectivity index (χ4n) is 14.6. The third-order valence-electron chi connectivity index (χ3n) is 20.2. The molecule has 0 saturated carbocycles. The molecule has 10 aromatic carbocycles.